The summed E-state index contributed by atoms with van der Waals surface area (Å²) in [5, 5.41) is 8.32. The fourth-order valence-electron chi connectivity index (χ4n) is 0.796. The second-order valence-electron chi connectivity index (χ2n) is 2.52. The van der Waals surface area contributed by atoms with Crippen LogP contribution >= 0.6 is 22.6 Å². The van der Waals surface area contributed by atoms with Gasteiger partial charge in [0.1, 0.15) is 0 Å². The van der Waals surface area contributed by atoms with E-state index in [-0.39, 0.29) is 0 Å². The van der Waals surface area contributed by atoms with Gasteiger partial charge in [-0.2, -0.15) is 0 Å². The van der Waals surface area contributed by atoms with E-state index in [0.717, 1.165) is 9.13 Å². The average Bonchev–Trinajstić information content (AvgIpc) is 2.07. The summed E-state index contributed by atoms with van der Waals surface area (Å²) in [6.45, 7) is 2.00. The van der Waals surface area contributed by atoms with Crippen molar-refractivity contribution in [3.8, 4) is 11.8 Å². The van der Waals surface area contributed by atoms with E-state index in [2.05, 4.69) is 34.4 Å². The number of rotatable bonds is 0. The molecule has 0 radical (unpaired) electrons. The molecule has 0 aliphatic carbocycles. The highest BCUT2D eigenvalue weighted by molar-refractivity contribution is 14.1. The van der Waals surface area contributed by atoms with Crippen molar-refractivity contribution in [2.24, 2.45) is 0 Å². The molecule has 66 valence electrons. The summed E-state index contributed by atoms with van der Waals surface area (Å²) in [6, 6.07) is 5.60. The third-order valence-electron chi connectivity index (χ3n) is 1.49. The Morgan fingerprint density at radius 1 is 1.54 bits per heavy atom. The minimum absolute atomic E-state index is 0.734. The Morgan fingerprint density at radius 2 is 2.23 bits per heavy atom. The van der Waals surface area contributed by atoms with Crippen molar-refractivity contribution in [1.82, 2.24) is 0 Å². The highest BCUT2D eigenvalue weighted by Crippen LogP contribution is 2.12. The third-order valence-corrected chi connectivity index (χ3v) is 2.65. The van der Waals surface area contributed by atoms with E-state index in [4.69, 9.17) is 5.11 Å². The molecule has 0 saturated heterocycles. The lowest BCUT2D eigenvalue weighted by Crippen LogP contribution is -1.88. The highest BCUT2D eigenvalue weighted by atomic mass is 127. The fourth-order valence-corrected chi connectivity index (χ4v) is 1.31. The number of carboxylic acids is 1. The van der Waals surface area contributed by atoms with Gasteiger partial charge in [-0.15, -0.1) is 0 Å². The predicted molar refractivity (Wildman–Crippen MR) is 58.4 cm³/mol. The molecule has 0 aliphatic rings. The fraction of sp³-hybridized carbons (Fsp3) is 0.100. The van der Waals surface area contributed by atoms with Gasteiger partial charge in [0.25, 0.3) is 0 Å². The summed E-state index contributed by atoms with van der Waals surface area (Å²) in [5.41, 5.74) is 1.90. The number of benzene rings is 1. The second-order valence-corrected chi connectivity index (χ2v) is 3.68. The topological polar surface area (TPSA) is 37.3 Å². The molecule has 1 aromatic rings. The van der Waals surface area contributed by atoms with Crippen LogP contribution in [0.3, 0.4) is 0 Å². The van der Waals surface area contributed by atoms with E-state index in [9.17, 15) is 4.79 Å². The van der Waals surface area contributed by atoms with Gasteiger partial charge in [0, 0.05) is 15.1 Å². The van der Waals surface area contributed by atoms with Gasteiger partial charge in [0.05, 0.1) is 0 Å². The number of halogens is 1. The van der Waals surface area contributed by atoms with Crippen molar-refractivity contribution in [2.45, 2.75) is 6.92 Å². The van der Waals surface area contributed by atoms with Gasteiger partial charge in [0.15, 0.2) is 0 Å². The molecule has 3 heteroatoms. The molecule has 1 N–H and O–H groups in total. The lowest BCUT2D eigenvalue weighted by atomic mass is 10.1. The van der Waals surface area contributed by atoms with Crippen molar-refractivity contribution < 1.29 is 9.90 Å². The number of aliphatic carboxylic acids is 1. The Balaban J connectivity index is 3.00. The zero-order valence-corrected chi connectivity index (χ0v) is 9.12. The van der Waals surface area contributed by atoms with Gasteiger partial charge in [-0.1, -0.05) is 12.0 Å². The summed E-state index contributed by atoms with van der Waals surface area (Å²) >= 11 is 2.19. The van der Waals surface area contributed by atoms with Crippen LogP contribution in [0.25, 0.3) is 0 Å². The van der Waals surface area contributed by atoms with Crippen molar-refractivity contribution in [3.63, 3.8) is 0 Å². The first-order valence-corrected chi connectivity index (χ1v) is 4.68. The molecule has 1 rings (SSSR count). The van der Waals surface area contributed by atoms with Crippen LogP contribution in [-0.2, 0) is 4.79 Å². The van der Waals surface area contributed by atoms with Gasteiger partial charge in [-0.05, 0) is 47.2 Å². The first-order chi connectivity index (χ1) is 6.09. The molecular weight excluding hydrogens is 279 g/mol. The van der Waals surface area contributed by atoms with E-state index >= 15 is 0 Å². The van der Waals surface area contributed by atoms with Crippen LogP contribution in [0, 0.1) is 22.3 Å². The predicted octanol–water partition coefficient (Wildman–Crippen LogP) is 2.04. The van der Waals surface area contributed by atoms with Gasteiger partial charge >= 0.3 is 5.97 Å². The van der Waals surface area contributed by atoms with Gasteiger partial charge in [-0.25, -0.2) is 4.79 Å². The molecule has 0 amide bonds. The quantitative estimate of drug-likeness (QED) is 0.585. The van der Waals surface area contributed by atoms with E-state index < -0.39 is 5.97 Å². The maximum Gasteiger partial charge on any atom is 0.382 e. The zero-order chi connectivity index (χ0) is 9.84. The normalized spacial score (nSPS) is 8.77. The number of hydrogen-bond donors (Lipinski definition) is 1. The Hall–Kier alpha value is -1.02. The molecule has 0 aromatic heterocycles. The van der Waals surface area contributed by atoms with Crippen LogP contribution in [-0.4, -0.2) is 11.1 Å². The van der Waals surface area contributed by atoms with Crippen LogP contribution in [0.4, 0.5) is 0 Å². The molecule has 2 nitrogen and oxygen atoms in total. The van der Waals surface area contributed by atoms with Crippen LogP contribution in [0.5, 0.6) is 0 Å². The molecule has 0 bridgehead atoms. The minimum atomic E-state index is -1.10. The molecule has 0 heterocycles. The Labute approximate surface area is 90.1 Å². The maximum absolute atomic E-state index is 10.1. The van der Waals surface area contributed by atoms with E-state index in [1.807, 2.05) is 25.1 Å². The number of hydrogen-bond acceptors (Lipinski definition) is 1. The second kappa shape index (κ2) is 4.28. The smallest absolute Gasteiger partial charge is 0.382 e. The largest absolute Gasteiger partial charge is 0.472 e. The lowest BCUT2D eigenvalue weighted by Gasteiger charge is -1.96. The average molecular weight is 286 g/mol. The Morgan fingerprint density at radius 3 is 2.77 bits per heavy atom. The van der Waals surface area contributed by atoms with Crippen LogP contribution in [0.15, 0.2) is 18.2 Å². The monoisotopic (exact) mass is 286 g/mol. The Kier molecular flexibility index (Phi) is 3.32. The van der Waals surface area contributed by atoms with Gasteiger partial charge in [-0.3, -0.25) is 0 Å². The van der Waals surface area contributed by atoms with Crippen LogP contribution in [0.1, 0.15) is 11.1 Å². The van der Waals surface area contributed by atoms with Crippen molar-refractivity contribution >= 4 is 28.6 Å². The minimum Gasteiger partial charge on any atom is -0.472 e. The van der Waals surface area contributed by atoms with Crippen LogP contribution < -0.4 is 0 Å². The molecule has 0 fully saturated rings. The first-order valence-electron chi connectivity index (χ1n) is 3.60. The molecular formula is C10H7IO2. The molecule has 0 aliphatic heterocycles. The third kappa shape index (κ3) is 3.07. The summed E-state index contributed by atoms with van der Waals surface area (Å²) in [4.78, 5) is 10.1. The molecule has 0 spiro atoms. The summed E-state index contributed by atoms with van der Waals surface area (Å²) in [5.74, 6) is 3.53. The Bertz CT molecular complexity index is 399. The summed E-state index contributed by atoms with van der Waals surface area (Å²) in [7, 11) is 0. The number of carbonyl (C=O) groups is 1. The number of carboxylic acid groups (broad SMARTS) is 1. The van der Waals surface area contributed by atoms with E-state index in [1.54, 1.807) is 0 Å². The van der Waals surface area contributed by atoms with Crippen molar-refractivity contribution in [1.29, 1.82) is 0 Å². The lowest BCUT2D eigenvalue weighted by molar-refractivity contribution is -0.130. The zero-order valence-electron chi connectivity index (χ0n) is 6.97. The van der Waals surface area contributed by atoms with Gasteiger partial charge < -0.3 is 5.11 Å². The first kappa shape index (κ1) is 10.1. The number of aryl methyl sites for hydroxylation is 1. The van der Waals surface area contributed by atoms with Gasteiger partial charge in [0.2, 0.25) is 0 Å². The van der Waals surface area contributed by atoms with Crippen molar-refractivity contribution in [3.05, 3.63) is 32.9 Å². The summed E-state index contributed by atoms with van der Waals surface area (Å²) in [6.07, 6.45) is 0. The molecule has 0 unspecified atom stereocenters. The van der Waals surface area contributed by atoms with Crippen molar-refractivity contribution in [2.75, 3.05) is 0 Å². The molecule has 13 heavy (non-hydrogen) atoms. The molecule has 1 aromatic carbocycles. The van der Waals surface area contributed by atoms with Crippen LogP contribution in [0.2, 0.25) is 0 Å². The maximum atomic E-state index is 10.1. The van der Waals surface area contributed by atoms with E-state index in [1.165, 1.54) is 5.56 Å². The SMILES string of the molecule is Cc1ccc(C#CC(=O)O)cc1I. The van der Waals surface area contributed by atoms with E-state index in [0.29, 0.717) is 0 Å². The highest BCUT2D eigenvalue weighted by Gasteiger charge is 1.94. The standard InChI is InChI=1S/C10H7IO2/c1-7-2-3-8(6-9(7)11)4-5-10(12)13/h2-3,6H,1H3,(H,12,13). The summed E-state index contributed by atoms with van der Waals surface area (Å²) < 4.78 is 1.09. The molecule has 0 saturated carbocycles. The molecule has 0 atom stereocenters.